The summed E-state index contributed by atoms with van der Waals surface area (Å²) in [6, 6.07) is 5.65. The van der Waals surface area contributed by atoms with Crippen LogP contribution in [-0.4, -0.2) is 39.3 Å². The molecular weight excluding hydrogens is 328 g/mol. The molecule has 1 aromatic rings. The van der Waals surface area contributed by atoms with Crippen molar-refractivity contribution in [3.8, 4) is 11.5 Å². The summed E-state index contributed by atoms with van der Waals surface area (Å²) in [7, 11) is 1.60. The Balaban J connectivity index is 0.00000288. The van der Waals surface area contributed by atoms with Gasteiger partial charge in [0.15, 0.2) is 18.1 Å². The predicted molar refractivity (Wildman–Crippen MR) is 99.0 cm³/mol. The lowest BCUT2D eigenvalue weighted by molar-refractivity contribution is -0.123. The molecule has 0 spiro atoms. The van der Waals surface area contributed by atoms with Gasteiger partial charge in [-0.1, -0.05) is 18.2 Å². The summed E-state index contributed by atoms with van der Waals surface area (Å²) in [5.41, 5.74) is 1.03. The molecule has 134 valence electrons. The molecule has 1 aromatic carbocycles. The van der Waals surface area contributed by atoms with E-state index in [4.69, 9.17) is 9.47 Å². The van der Waals surface area contributed by atoms with Crippen LogP contribution in [0.1, 0.15) is 25.3 Å². The fourth-order valence-electron chi connectivity index (χ4n) is 2.65. The summed E-state index contributed by atoms with van der Waals surface area (Å²) in [6.45, 7) is 4.72. The summed E-state index contributed by atoms with van der Waals surface area (Å²) in [5, 5.41) is 6.28. The van der Waals surface area contributed by atoms with E-state index >= 15 is 0 Å². The van der Waals surface area contributed by atoms with Gasteiger partial charge >= 0.3 is 0 Å². The van der Waals surface area contributed by atoms with Crippen molar-refractivity contribution in [3.05, 3.63) is 29.8 Å². The van der Waals surface area contributed by atoms with E-state index in [1.807, 2.05) is 37.3 Å². The number of hydrogen-bond acceptors (Lipinski definition) is 4. The molecule has 1 atom stereocenters. The largest absolute Gasteiger partial charge is 0.493 e. The third-order valence-corrected chi connectivity index (χ3v) is 3.89. The number of carbonyl (C=O) groups excluding carboxylic acids is 1. The predicted octanol–water partition coefficient (Wildman–Crippen LogP) is 2.64. The Bertz CT molecular complexity index is 543. The van der Waals surface area contributed by atoms with Crippen LogP contribution in [0, 0.1) is 5.92 Å². The lowest BCUT2D eigenvalue weighted by Gasteiger charge is -2.22. The molecule has 0 aromatic heterocycles. The van der Waals surface area contributed by atoms with Gasteiger partial charge in [-0.2, -0.15) is 0 Å². The molecule has 2 rings (SSSR count). The van der Waals surface area contributed by atoms with Crippen molar-refractivity contribution in [2.75, 3.05) is 33.4 Å². The Hall–Kier alpha value is -1.72. The summed E-state index contributed by atoms with van der Waals surface area (Å²) in [4.78, 5) is 11.9. The zero-order valence-corrected chi connectivity index (χ0v) is 15.2. The third kappa shape index (κ3) is 6.42. The zero-order valence-electron chi connectivity index (χ0n) is 14.3. The fraction of sp³-hybridized carbons (Fsp3) is 0.500. The molecule has 0 saturated carbocycles. The highest BCUT2D eigenvalue weighted by Crippen LogP contribution is 2.28. The normalized spacial score (nSPS) is 17.2. The number of benzene rings is 1. The summed E-state index contributed by atoms with van der Waals surface area (Å²) < 4.78 is 10.9. The molecule has 1 saturated heterocycles. The van der Waals surface area contributed by atoms with E-state index in [1.54, 1.807) is 7.11 Å². The Labute approximate surface area is 150 Å². The number of carbonyl (C=O) groups is 1. The summed E-state index contributed by atoms with van der Waals surface area (Å²) in [6.07, 6.45) is 6.28. The van der Waals surface area contributed by atoms with Crippen molar-refractivity contribution < 1.29 is 14.3 Å². The van der Waals surface area contributed by atoms with Crippen molar-refractivity contribution in [2.45, 2.75) is 19.8 Å². The van der Waals surface area contributed by atoms with E-state index in [1.165, 1.54) is 6.42 Å². The van der Waals surface area contributed by atoms with Gasteiger partial charge in [0.05, 0.1) is 7.11 Å². The summed E-state index contributed by atoms with van der Waals surface area (Å²) >= 11 is 0. The highest BCUT2D eigenvalue weighted by molar-refractivity contribution is 5.85. The van der Waals surface area contributed by atoms with Crippen LogP contribution in [0.2, 0.25) is 0 Å². The number of allylic oxidation sites excluding steroid dienone is 1. The van der Waals surface area contributed by atoms with Crippen LogP contribution >= 0.6 is 12.4 Å². The summed E-state index contributed by atoms with van der Waals surface area (Å²) in [5.74, 6) is 1.62. The van der Waals surface area contributed by atoms with Crippen LogP contribution in [-0.2, 0) is 4.79 Å². The highest BCUT2D eigenvalue weighted by atomic mass is 35.5. The second-order valence-corrected chi connectivity index (χ2v) is 5.72. The molecule has 24 heavy (non-hydrogen) atoms. The van der Waals surface area contributed by atoms with Gasteiger partial charge in [-0.3, -0.25) is 4.79 Å². The van der Waals surface area contributed by atoms with Gasteiger partial charge in [0, 0.05) is 6.54 Å². The quantitative estimate of drug-likeness (QED) is 0.790. The van der Waals surface area contributed by atoms with E-state index in [0.717, 1.165) is 25.1 Å². The van der Waals surface area contributed by atoms with Gasteiger partial charge < -0.3 is 20.1 Å². The van der Waals surface area contributed by atoms with E-state index < -0.39 is 0 Å². The van der Waals surface area contributed by atoms with Crippen LogP contribution < -0.4 is 20.1 Å². The maximum Gasteiger partial charge on any atom is 0.257 e. The number of nitrogens with one attached hydrogen (secondary N) is 2. The Morgan fingerprint density at radius 1 is 1.42 bits per heavy atom. The molecule has 0 aliphatic carbocycles. The van der Waals surface area contributed by atoms with Gasteiger partial charge in [-0.25, -0.2) is 0 Å². The van der Waals surface area contributed by atoms with Gasteiger partial charge in [-0.15, -0.1) is 12.4 Å². The van der Waals surface area contributed by atoms with E-state index in [9.17, 15) is 4.79 Å². The van der Waals surface area contributed by atoms with Gasteiger partial charge in [-0.05, 0) is 56.5 Å². The molecule has 1 amide bonds. The van der Waals surface area contributed by atoms with E-state index in [0.29, 0.717) is 24.0 Å². The van der Waals surface area contributed by atoms with E-state index in [2.05, 4.69) is 10.6 Å². The topological polar surface area (TPSA) is 59.6 Å². The molecular formula is C18H27ClN2O3. The molecule has 1 unspecified atom stereocenters. The number of halogens is 1. The van der Waals surface area contributed by atoms with Gasteiger partial charge in [0.1, 0.15) is 0 Å². The molecule has 1 aliphatic rings. The lowest BCUT2D eigenvalue weighted by atomic mass is 10.00. The average molecular weight is 355 g/mol. The first-order valence-electron chi connectivity index (χ1n) is 8.14. The average Bonchev–Trinajstić information content (AvgIpc) is 2.59. The Morgan fingerprint density at radius 3 is 2.92 bits per heavy atom. The number of hydrogen-bond donors (Lipinski definition) is 2. The van der Waals surface area contributed by atoms with Gasteiger partial charge in [0.2, 0.25) is 0 Å². The Morgan fingerprint density at radius 2 is 2.25 bits per heavy atom. The maximum atomic E-state index is 11.9. The second kappa shape index (κ2) is 10.9. The first-order valence-corrected chi connectivity index (χ1v) is 8.14. The van der Waals surface area contributed by atoms with Crippen molar-refractivity contribution in [3.63, 3.8) is 0 Å². The highest BCUT2D eigenvalue weighted by Gasteiger charge is 2.14. The molecule has 0 bridgehead atoms. The Kier molecular flexibility index (Phi) is 9.27. The van der Waals surface area contributed by atoms with Crippen LogP contribution in [0.25, 0.3) is 6.08 Å². The monoisotopic (exact) mass is 354 g/mol. The third-order valence-electron chi connectivity index (χ3n) is 3.89. The SMILES string of the molecule is C/C=C/c1ccc(OCC(=O)NCC2CCCNC2)c(OC)c1.Cl. The van der Waals surface area contributed by atoms with Crippen molar-refractivity contribution >= 4 is 24.4 Å². The smallest absolute Gasteiger partial charge is 0.257 e. The minimum atomic E-state index is -0.102. The minimum absolute atomic E-state index is 0. The van der Waals surface area contributed by atoms with Crippen molar-refractivity contribution in [1.82, 2.24) is 10.6 Å². The molecule has 1 aliphatic heterocycles. The number of amides is 1. The van der Waals surface area contributed by atoms with Crippen LogP contribution in [0.4, 0.5) is 0 Å². The van der Waals surface area contributed by atoms with Crippen molar-refractivity contribution in [2.24, 2.45) is 5.92 Å². The van der Waals surface area contributed by atoms with Crippen LogP contribution in [0.15, 0.2) is 24.3 Å². The lowest BCUT2D eigenvalue weighted by Crippen LogP contribution is -2.39. The molecule has 5 nitrogen and oxygen atoms in total. The maximum absolute atomic E-state index is 11.9. The first kappa shape index (κ1) is 20.3. The zero-order chi connectivity index (χ0) is 16.5. The minimum Gasteiger partial charge on any atom is -0.493 e. The second-order valence-electron chi connectivity index (χ2n) is 5.72. The van der Waals surface area contributed by atoms with Crippen molar-refractivity contribution in [1.29, 1.82) is 0 Å². The molecule has 0 radical (unpaired) electrons. The number of ether oxygens (including phenoxy) is 2. The van der Waals surface area contributed by atoms with Crippen LogP contribution in [0.3, 0.4) is 0 Å². The van der Waals surface area contributed by atoms with E-state index in [-0.39, 0.29) is 24.9 Å². The first-order chi connectivity index (χ1) is 11.2. The molecule has 1 heterocycles. The molecule has 2 N–H and O–H groups in total. The molecule has 6 heteroatoms. The number of rotatable bonds is 7. The number of methoxy groups -OCH3 is 1. The fourth-order valence-corrected chi connectivity index (χ4v) is 2.65. The standard InChI is InChI=1S/C18H26N2O3.ClH/c1-3-5-14-7-8-16(17(10-14)22-2)23-13-18(21)20-12-15-6-4-9-19-11-15;/h3,5,7-8,10,15,19H,4,6,9,11-13H2,1-2H3,(H,20,21);1H/b5-3+;. The number of piperidine rings is 1. The van der Waals surface area contributed by atoms with Gasteiger partial charge in [0.25, 0.3) is 5.91 Å². The van der Waals surface area contributed by atoms with Crippen LogP contribution in [0.5, 0.6) is 11.5 Å². The molecule has 1 fully saturated rings.